The van der Waals surface area contributed by atoms with Gasteiger partial charge in [-0.3, -0.25) is 4.90 Å². The molecule has 2 nitrogen and oxygen atoms in total. The lowest BCUT2D eigenvalue weighted by molar-refractivity contribution is 0.108. The maximum Gasteiger partial charge on any atom is 0.134 e. The number of nitrogens with zero attached hydrogens (tertiary/aromatic N) is 1. The number of likely N-dealkylation sites (tertiary alicyclic amines) is 1. The predicted octanol–water partition coefficient (Wildman–Crippen LogP) is 4.30. The average molecular weight is 282 g/mol. The van der Waals surface area contributed by atoms with Crippen molar-refractivity contribution in [1.82, 2.24) is 4.90 Å². The van der Waals surface area contributed by atoms with E-state index in [0.29, 0.717) is 10.4 Å². The van der Waals surface area contributed by atoms with E-state index in [0.717, 1.165) is 25.6 Å². The van der Waals surface area contributed by atoms with Crippen molar-refractivity contribution in [3.05, 3.63) is 28.8 Å². The van der Waals surface area contributed by atoms with Crippen molar-refractivity contribution in [2.45, 2.75) is 40.2 Å². The maximum atomic E-state index is 9.43. The molecule has 1 saturated heterocycles. The molecule has 0 amide bonds. The molecule has 106 valence electrons. The normalized spacial score (nSPS) is 18.7. The van der Waals surface area contributed by atoms with E-state index in [1.165, 1.54) is 18.4 Å². The van der Waals surface area contributed by atoms with E-state index in [1.807, 2.05) is 12.1 Å². The Morgan fingerprint density at radius 3 is 2.42 bits per heavy atom. The second kappa shape index (κ2) is 5.72. The number of phenolic OH excluding ortho intramolecular Hbond substituents is 1. The van der Waals surface area contributed by atoms with Crippen LogP contribution in [0, 0.1) is 11.3 Å². The molecule has 1 heterocycles. The first-order valence-corrected chi connectivity index (χ1v) is 7.44. The van der Waals surface area contributed by atoms with Crippen LogP contribution in [0.5, 0.6) is 5.75 Å². The topological polar surface area (TPSA) is 23.5 Å². The summed E-state index contributed by atoms with van der Waals surface area (Å²) in [7, 11) is 0. The van der Waals surface area contributed by atoms with Gasteiger partial charge in [0.05, 0.1) is 5.02 Å². The van der Waals surface area contributed by atoms with Crippen molar-refractivity contribution < 1.29 is 5.11 Å². The molecule has 1 aromatic rings. The van der Waals surface area contributed by atoms with Crippen LogP contribution in [-0.4, -0.2) is 23.1 Å². The molecule has 19 heavy (non-hydrogen) atoms. The number of hydrogen-bond acceptors (Lipinski definition) is 2. The van der Waals surface area contributed by atoms with Crippen LogP contribution in [0.25, 0.3) is 0 Å². The van der Waals surface area contributed by atoms with Crippen molar-refractivity contribution in [3.63, 3.8) is 0 Å². The van der Waals surface area contributed by atoms with Gasteiger partial charge in [-0.25, -0.2) is 0 Å². The second-order valence-electron chi connectivity index (χ2n) is 6.70. The Morgan fingerprint density at radius 1 is 1.26 bits per heavy atom. The summed E-state index contributed by atoms with van der Waals surface area (Å²) >= 11 is 5.95. The van der Waals surface area contributed by atoms with Crippen molar-refractivity contribution in [2.75, 3.05) is 13.1 Å². The third-order valence-corrected chi connectivity index (χ3v) is 4.53. The standard InChI is InChI=1S/C16H24ClNO/c1-16(2,3)13-6-8-18(9-7-13)11-12-4-5-15(19)14(17)10-12/h4-5,10,13,19H,6-9,11H2,1-3H3. The van der Waals surface area contributed by atoms with Crippen molar-refractivity contribution in [2.24, 2.45) is 11.3 Å². The molecule has 0 unspecified atom stereocenters. The summed E-state index contributed by atoms with van der Waals surface area (Å²) in [5.41, 5.74) is 1.60. The molecule has 0 radical (unpaired) electrons. The summed E-state index contributed by atoms with van der Waals surface area (Å²) in [5, 5.41) is 9.87. The molecule has 0 saturated carbocycles. The quantitative estimate of drug-likeness (QED) is 0.873. The average Bonchev–Trinajstić information content (AvgIpc) is 2.33. The van der Waals surface area contributed by atoms with Crippen LogP contribution in [-0.2, 0) is 6.54 Å². The van der Waals surface area contributed by atoms with Crippen LogP contribution in [0.3, 0.4) is 0 Å². The number of halogens is 1. The Balaban J connectivity index is 1.90. The van der Waals surface area contributed by atoms with Crippen molar-refractivity contribution in [1.29, 1.82) is 0 Å². The Kier molecular flexibility index (Phi) is 4.42. The SMILES string of the molecule is CC(C)(C)C1CCN(Cc2ccc(O)c(Cl)c2)CC1. The molecule has 0 bridgehead atoms. The highest BCUT2D eigenvalue weighted by atomic mass is 35.5. The van der Waals surface area contributed by atoms with Crippen LogP contribution < -0.4 is 0 Å². The highest BCUT2D eigenvalue weighted by Gasteiger charge is 2.28. The first kappa shape index (κ1) is 14.7. The van der Waals surface area contributed by atoms with E-state index >= 15 is 0 Å². The van der Waals surface area contributed by atoms with E-state index in [9.17, 15) is 5.11 Å². The molecule has 1 N–H and O–H groups in total. The lowest BCUT2D eigenvalue weighted by Crippen LogP contribution is -2.37. The number of benzene rings is 1. The van der Waals surface area contributed by atoms with E-state index in [-0.39, 0.29) is 5.75 Å². The number of aromatic hydroxyl groups is 1. The van der Waals surface area contributed by atoms with Crippen LogP contribution in [0.1, 0.15) is 39.2 Å². The molecule has 0 aromatic heterocycles. The maximum absolute atomic E-state index is 9.43. The largest absolute Gasteiger partial charge is 0.506 e. The monoisotopic (exact) mass is 281 g/mol. The predicted molar refractivity (Wildman–Crippen MR) is 80.6 cm³/mol. The van der Waals surface area contributed by atoms with Gasteiger partial charge in [0.1, 0.15) is 5.75 Å². The summed E-state index contributed by atoms with van der Waals surface area (Å²) < 4.78 is 0. The molecule has 2 rings (SSSR count). The van der Waals surface area contributed by atoms with Crippen LogP contribution in [0.15, 0.2) is 18.2 Å². The van der Waals surface area contributed by atoms with E-state index < -0.39 is 0 Å². The summed E-state index contributed by atoms with van der Waals surface area (Å²) in [6.45, 7) is 10.3. The number of hydrogen-bond donors (Lipinski definition) is 1. The first-order valence-electron chi connectivity index (χ1n) is 7.06. The number of phenols is 1. The zero-order valence-electron chi connectivity index (χ0n) is 12.1. The van der Waals surface area contributed by atoms with Crippen molar-refractivity contribution >= 4 is 11.6 Å². The van der Waals surface area contributed by atoms with Gasteiger partial charge in [0, 0.05) is 6.54 Å². The Bertz CT molecular complexity index is 431. The minimum atomic E-state index is 0.164. The zero-order chi connectivity index (χ0) is 14.0. The molecular formula is C16H24ClNO. The fraction of sp³-hybridized carbons (Fsp3) is 0.625. The van der Waals surface area contributed by atoms with E-state index in [2.05, 4.69) is 25.7 Å². The van der Waals surface area contributed by atoms with Crippen LogP contribution in [0.4, 0.5) is 0 Å². The Labute approximate surface area is 121 Å². The minimum Gasteiger partial charge on any atom is -0.506 e. The molecule has 0 spiro atoms. The first-order chi connectivity index (χ1) is 8.86. The summed E-state index contributed by atoms with van der Waals surface area (Å²) in [6.07, 6.45) is 2.55. The van der Waals surface area contributed by atoms with Gasteiger partial charge in [-0.1, -0.05) is 38.4 Å². The number of rotatable bonds is 2. The van der Waals surface area contributed by atoms with Crippen LogP contribution >= 0.6 is 11.6 Å². The van der Waals surface area contributed by atoms with Gasteiger partial charge in [-0.2, -0.15) is 0 Å². The summed E-state index contributed by atoms with van der Waals surface area (Å²) in [4.78, 5) is 2.48. The number of piperidine rings is 1. The van der Waals surface area contributed by atoms with Gasteiger partial charge in [0.25, 0.3) is 0 Å². The fourth-order valence-electron chi connectivity index (χ4n) is 2.86. The highest BCUT2D eigenvalue weighted by Crippen LogP contribution is 2.34. The van der Waals surface area contributed by atoms with Gasteiger partial charge in [-0.15, -0.1) is 0 Å². The minimum absolute atomic E-state index is 0.164. The molecular weight excluding hydrogens is 258 g/mol. The molecule has 3 heteroatoms. The van der Waals surface area contributed by atoms with Gasteiger partial charge < -0.3 is 5.11 Å². The molecule has 0 aliphatic carbocycles. The Morgan fingerprint density at radius 2 is 1.89 bits per heavy atom. The van der Waals surface area contributed by atoms with Gasteiger partial charge in [0.2, 0.25) is 0 Å². The highest BCUT2D eigenvalue weighted by molar-refractivity contribution is 6.32. The lowest BCUT2D eigenvalue weighted by atomic mass is 9.75. The summed E-state index contributed by atoms with van der Waals surface area (Å²) in [6, 6.07) is 5.50. The van der Waals surface area contributed by atoms with E-state index in [4.69, 9.17) is 11.6 Å². The molecule has 1 aromatic carbocycles. The third kappa shape index (κ3) is 3.87. The molecule has 0 atom stereocenters. The Hall–Kier alpha value is -0.730. The van der Waals surface area contributed by atoms with Crippen LogP contribution in [0.2, 0.25) is 5.02 Å². The zero-order valence-corrected chi connectivity index (χ0v) is 12.9. The third-order valence-electron chi connectivity index (χ3n) is 4.23. The second-order valence-corrected chi connectivity index (χ2v) is 7.11. The fourth-order valence-corrected chi connectivity index (χ4v) is 3.07. The molecule has 1 aliphatic rings. The lowest BCUT2D eigenvalue weighted by Gasteiger charge is -2.38. The molecule has 1 fully saturated rings. The molecule has 1 aliphatic heterocycles. The van der Waals surface area contributed by atoms with E-state index in [1.54, 1.807) is 6.07 Å². The van der Waals surface area contributed by atoms with Gasteiger partial charge in [0.15, 0.2) is 0 Å². The smallest absolute Gasteiger partial charge is 0.134 e. The van der Waals surface area contributed by atoms with Crippen molar-refractivity contribution in [3.8, 4) is 5.75 Å². The van der Waals surface area contributed by atoms with Gasteiger partial charge in [-0.05, 0) is 55.0 Å². The summed E-state index contributed by atoms with van der Waals surface area (Å²) in [5.74, 6) is 0.990. The van der Waals surface area contributed by atoms with Gasteiger partial charge >= 0.3 is 0 Å².